The molecule has 1 aromatic carbocycles. The number of aliphatic hydroxyl groups is 8. The van der Waals surface area contributed by atoms with E-state index < -0.39 is 146 Å². The molecule has 1 aromatic rings. The molecule has 22 heteroatoms. The molecule has 0 aliphatic carbocycles. The van der Waals surface area contributed by atoms with E-state index in [1.165, 1.54) is 19.1 Å². The molecule has 22 nitrogen and oxygen atoms in total. The summed E-state index contributed by atoms with van der Waals surface area (Å²) < 4.78 is 0. The van der Waals surface area contributed by atoms with E-state index in [1.54, 1.807) is 0 Å². The number of nitrogens with one attached hydrogen (secondary N) is 4. The van der Waals surface area contributed by atoms with E-state index in [9.17, 15) is 74.7 Å². The second kappa shape index (κ2) is 18.2. The molecule has 3 aliphatic heterocycles. The average molecular weight is 798 g/mol. The van der Waals surface area contributed by atoms with E-state index in [0.717, 1.165) is 35.8 Å². The van der Waals surface area contributed by atoms with Gasteiger partial charge in [-0.1, -0.05) is 19.1 Å². The van der Waals surface area contributed by atoms with Crippen molar-refractivity contribution in [2.24, 2.45) is 11.7 Å². The maximum absolute atomic E-state index is 14.0. The van der Waals surface area contributed by atoms with Crippen LogP contribution in [0.3, 0.4) is 0 Å². The second-order valence-corrected chi connectivity index (χ2v) is 14.6. The minimum atomic E-state index is -2.24. The van der Waals surface area contributed by atoms with Gasteiger partial charge in [0.15, 0.2) is 6.23 Å². The summed E-state index contributed by atoms with van der Waals surface area (Å²) in [6.07, 6.45) is -15.8. The van der Waals surface area contributed by atoms with Crippen LogP contribution < -0.4 is 27.0 Å². The Labute approximate surface area is 320 Å². The zero-order valence-electron chi connectivity index (χ0n) is 30.7. The molecule has 15 atom stereocenters. The molecule has 3 heterocycles. The highest BCUT2D eigenvalue weighted by Crippen LogP contribution is 2.27. The van der Waals surface area contributed by atoms with E-state index in [4.69, 9.17) is 5.73 Å². The molecule has 0 bridgehead atoms. The minimum absolute atomic E-state index is 0.0501. The molecule has 6 amide bonds. The smallest absolute Gasteiger partial charge is 0.248 e. The highest BCUT2D eigenvalue weighted by Gasteiger charge is 2.50. The molecular formula is C34H51N7O15. The molecule has 56 heavy (non-hydrogen) atoms. The van der Waals surface area contributed by atoms with Gasteiger partial charge in [-0.05, 0) is 31.5 Å². The predicted octanol–water partition coefficient (Wildman–Crippen LogP) is -7.30. The summed E-state index contributed by atoms with van der Waals surface area (Å²) in [4.78, 5) is 83.9. The molecule has 15 N–H and O–H groups in total. The molecule has 3 saturated heterocycles. The Hall–Kier alpha value is -4.52. The zero-order valence-corrected chi connectivity index (χ0v) is 30.7. The molecule has 0 radical (unpaired) electrons. The average Bonchev–Trinajstić information content (AvgIpc) is 3.68. The number of carbonyl (C=O) groups excluding carboxylic acids is 6. The van der Waals surface area contributed by atoms with Crippen molar-refractivity contribution >= 4 is 35.4 Å². The second-order valence-electron chi connectivity index (χ2n) is 14.6. The lowest BCUT2D eigenvalue weighted by molar-refractivity contribution is -0.148. The van der Waals surface area contributed by atoms with Crippen molar-refractivity contribution in [3.63, 3.8) is 0 Å². The summed E-state index contributed by atoms with van der Waals surface area (Å²) >= 11 is 0. The Balaban J connectivity index is 1.80. The van der Waals surface area contributed by atoms with Crippen molar-refractivity contribution in [3.05, 3.63) is 29.8 Å². The van der Waals surface area contributed by atoms with Gasteiger partial charge in [0.2, 0.25) is 35.4 Å². The van der Waals surface area contributed by atoms with Gasteiger partial charge in [0.05, 0.1) is 30.5 Å². The van der Waals surface area contributed by atoms with Gasteiger partial charge in [-0.15, -0.1) is 0 Å². The molecule has 3 fully saturated rings. The van der Waals surface area contributed by atoms with E-state index in [-0.39, 0.29) is 17.9 Å². The lowest BCUT2D eigenvalue weighted by Crippen LogP contribution is -2.64. The third-order valence-corrected chi connectivity index (χ3v) is 10.2. The van der Waals surface area contributed by atoms with Crippen LogP contribution in [0.2, 0.25) is 0 Å². The zero-order chi connectivity index (χ0) is 41.9. The third-order valence-electron chi connectivity index (χ3n) is 10.2. The van der Waals surface area contributed by atoms with Crippen LogP contribution in [0.4, 0.5) is 0 Å². The van der Waals surface area contributed by atoms with Gasteiger partial charge >= 0.3 is 0 Å². The van der Waals surface area contributed by atoms with Crippen LogP contribution in [-0.4, -0.2) is 183 Å². The van der Waals surface area contributed by atoms with Crippen LogP contribution in [-0.2, 0) is 28.8 Å². The highest BCUT2D eigenvalue weighted by molar-refractivity contribution is 5.98. The quantitative estimate of drug-likeness (QED) is 0.132. The largest absolute Gasteiger partial charge is 0.508 e. The number of amides is 6. The number of rotatable bonds is 5. The van der Waals surface area contributed by atoms with Crippen LogP contribution in [0.15, 0.2) is 24.3 Å². The molecule has 4 rings (SSSR count). The molecular weight excluding hydrogens is 746 g/mol. The summed E-state index contributed by atoms with van der Waals surface area (Å²) in [6, 6.07) is -6.28. The number of aromatic hydroxyl groups is 1. The summed E-state index contributed by atoms with van der Waals surface area (Å²) in [5.74, 6) is -8.12. The van der Waals surface area contributed by atoms with Crippen molar-refractivity contribution in [3.8, 4) is 5.75 Å². The lowest BCUT2D eigenvalue weighted by atomic mass is 9.96. The fraction of sp³-hybridized carbons (Fsp3) is 0.647. The molecule has 0 aromatic heterocycles. The van der Waals surface area contributed by atoms with Gasteiger partial charge in [0.1, 0.15) is 54.3 Å². The fourth-order valence-corrected chi connectivity index (χ4v) is 6.92. The van der Waals surface area contributed by atoms with Crippen LogP contribution in [0.25, 0.3) is 0 Å². The topological polar surface area (TPSA) is 365 Å². The number of nitrogens with two attached hydrogens (primary N) is 1. The molecule has 0 saturated carbocycles. The van der Waals surface area contributed by atoms with Crippen molar-refractivity contribution in [2.45, 2.75) is 119 Å². The minimum Gasteiger partial charge on any atom is -0.508 e. The fourth-order valence-electron chi connectivity index (χ4n) is 6.92. The first kappa shape index (κ1) is 44.2. The number of hydrogen-bond acceptors (Lipinski definition) is 16. The Morgan fingerprint density at radius 2 is 1.23 bits per heavy atom. The van der Waals surface area contributed by atoms with Crippen molar-refractivity contribution in [1.82, 2.24) is 31.1 Å². The van der Waals surface area contributed by atoms with Gasteiger partial charge in [-0.3, -0.25) is 28.8 Å². The number of nitrogens with zero attached hydrogens (tertiary/aromatic N) is 2. The van der Waals surface area contributed by atoms with Crippen LogP contribution in [0.5, 0.6) is 5.75 Å². The molecule has 0 spiro atoms. The summed E-state index contributed by atoms with van der Waals surface area (Å²) in [5.41, 5.74) is 5.88. The Morgan fingerprint density at radius 1 is 0.696 bits per heavy atom. The molecule has 312 valence electrons. The lowest BCUT2D eigenvalue weighted by Gasteiger charge is -2.34. The van der Waals surface area contributed by atoms with Gasteiger partial charge in [-0.2, -0.15) is 0 Å². The van der Waals surface area contributed by atoms with E-state index in [1.807, 2.05) is 5.32 Å². The third kappa shape index (κ3) is 9.70. The van der Waals surface area contributed by atoms with Crippen molar-refractivity contribution in [2.75, 3.05) is 13.1 Å². The Kier molecular flexibility index (Phi) is 14.3. The van der Waals surface area contributed by atoms with Gasteiger partial charge in [-0.25, -0.2) is 0 Å². The van der Waals surface area contributed by atoms with E-state index >= 15 is 0 Å². The van der Waals surface area contributed by atoms with Crippen LogP contribution in [0, 0.1) is 5.92 Å². The summed E-state index contributed by atoms with van der Waals surface area (Å²) in [7, 11) is 0. The number of carbonyl (C=O) groups is 6. The van der Waals surface area contributed by atoms with Gasteiger partial charge in [0.25, 0.3) is 0 Å². The SMILES string of the molecule is C[C@@H](O)[C@@H]1NC(=O)C(N)C[C@@H](O)[C@@H](O)NC(=O)[C@@H]2[C@@H](O)[C@@H](C)CN2C(=O)[C@H]([C@@H](C)O)NC(=O)[C@H]([C@H](O)[C@@H](O)c2ccc(O)cc2)NC(=O)C2C[C@@H](O)CN2C1=O. The maximum atomic E-state index is 14.0. The van der Waals surface area contributed by atoms with E-state index in [2.05, 4.69) is 16.0 Å². The summed E-state index contributed by atoms with van der Waals surface area (Å²) in [6.45, 7) is 2.85. The number of phenolic OH excluding ortho intramolecular Hbond substituents is 1. The predicted molar refractivity (Wildman–Crippen MR) is 188 cm³/mol. The normalized spacial score (nSPS) is 35.2. The van der Waals surface area contributed by atoms with Crippen LogP contribution >= 0.6 is 0 Å². The van der Waals surface area contributed by atoms with Gasteiger partial charge in [0, 0.05) is 31.8 Å². The first-order valence-corrected chi connectivity index (χ1v) is 18.0. The number of benzene rings is 1. The maximum Gasteiger partial charge on any atom is 0.248 e. The van der Waals surface area contributed by atoms with Gasteiger partial charge < -0.3 is 82.8 Å². The molecule has 3 aliphatic rings. The number of fused-ring (bicyclic) bond motifs is 2. The van der Waals surface area contributed by atoms with E-state index in [0.29, 0.717) is 0 Å². The first-order chi connectivity index (χ1) is 26.1. The molecule has 2 unspecified atom stereocenters. The monoisotopic (exact) mass is 797 g/mol. The van der Waals surface area contributed by atoms with Crippen molar-refractivity contribution in [1.29, 1.82) is 0 Å². The standard InChI is InChI=1S/C34H51N7O15/c1-12-10-41-24(25(12)47)32(54)39-30(52)20(46)9-18(35)28(50)36-21(13(2)42)33(55)40-11-17(45)8-19(40)29(51)38-23(31(53)37-22(14(3)43)34(41)56)27(49)26(48)15-4-6-16(44)7-5-15/h4-7,12-14,17-27,30,42-49,52H,8-11,35H2,1-3H3,(H,36,50)(H,37,53)(H,38,51)(H,39,54)/t12-,13+,14+,17+,18?,19?,20+,21-,22-,23-,24-,25-,26-,27-,30+/m0/s1. The number of phenols is 1. The van der Waals surface area contributed by atoms with Crippen molar-refractivity contribution < 1.29 is 74.7 Å². The Bertz CT molecular complexity index is 1620. The number of aliphatic hydroxyl groups excluding tert-OH is 8. The number of hydrogen-bond donors (Lipinski definition) is 14. The summed E-state index contributed by atoms with van der Waals surface area (Å²) in [5, 5.41) is 105. The Morgan fingerprint density at radius 3 is 1.80 bits per heavy atom. The highest BCUT2D eigenvalue weighted by atomic mass is 16.3. The first-order valence-electron chi connectivity index (χ1n) is 18.0. The van der Waals surface area contributed by atoms with Crippen LogP contribution in [0.1, 0.15) is 45.3 Å².